The van der Waals surface area contributed by atoms with Gasteiger partial charge in [0.05, 0.1) is 23.2 Å². The van der Waals surface area contributed by atoms with Gasteiger partial charge in [-0.1, -0.05) is 18.2 Å². The zero-order valence-electron chi connectivity index (χ0n) is 18.9. The van der Waals surface area contributed by atoms with Gasteiger partial charge in [0.25, 0.3) is 15.9 Å². The summed E-state index contributed by atoms with van der Waals surface area (Å²) in [6.45, 7) is 5.86. The smallest absolute Gasteiger partial charge is 0.273 e. The summed E-state index contributed by atoms with van der Waals surface area (Å²) < 4.78 is 27.7. The van der Waals surface area contributed by atoms with Gasteiger partial charge >= 0.3 is 0 Å². The van der Waals surface area contributed by atoms with E-state index in [0.717, 1.165) is 48.8 Å². The van der Waals surface area contributed by atoms with Gasteiger partial charge in [0.2, 0.25) is 0 Å². The molecule has 0 aliphatic carbocycles. The van der Waals surface area contributed by atoms with E-state index in [2.05, 4.69) is 49.2 Å². The van der Waals surface area contributed by atoms with E-state index in [0.29, 0.717) is 5.71 Å². The van der Waals surface area contributed by atoms with Crippen LogP contribution in [0.1, 0.15) is 22.8 Å². The minimum absolute atomic E-state index is 0.0813. The number of rotatable bonds is 7. The van der Waals surface area contributed by atoms with E-state index in [1.54, 1.807) is 18.4 Å². The van der Waals surface area contributed by atoms with Gasteiger partial charge in [0.15, 0.2) is 0 Å². The van der Waals surface area contributed by atoms with Crippen LogP contribution in [-0.4, -0.2) is 63.1 Å². The number of anilines is 2. The Hall–Kier alpha value is -3.28. The van der Waals surface area contributed by atoms with Crippen molar-refractivity contribution in [1.82, 2.24) is 15.3 Å². The molecule has 0 spiro atoms. The number of nitrogens with zero attached hydrogens (tertiary/aromatic N) is 4. The number of hydrogen-bond donors (Lipinski definition) is 2. The fraction of sp³-hybridized carbons (Fsp3) is 0.261. The third-order valence-electron chi connectivity index (χ3n) is 5.55. The first-order chi connectivity index (χ1) is 16.3. The summed E-state index contributed by atoms with van der Waals surface area (Å²) in [5, 5.41) is 5.88. The molecule has 0 saturated carbocycles. The van der Waals surface area contributed by atoms with Crippen LogP contribution in [0.5, 0.6) is 0 Å². The standard InChI is InChI=1S/C23H26N6O3S2/c1-17(18-5-7-19(8-6-18)29-13-11-28(2)12-14-29)25-26-23(30)20-9-10-24-16-21(20)27-34(31,32)22-4-3-15-33-22/h3-10,15-16,27H,11-14H2,1-2H3,(H,26,30). The Morgan fingerprint density at radius 2 is 1.82 bits per heavy atom. The van der Waals surface area contributed by atoms with Crippen molar-refractivity contribution >= 4 is 44.4 Å². The molecule has 9 nitrogen and oxygen atoms in total. The van der Waals surface area contributed by atoms with Gasteiger partial charge in [0, 0.05) is 38.1 Å². The molecule has 4 rings (SSSR count). The van der Waals surface area contributed by atoms with Crippen molar-refractivity contribution in [3.05, 3.63) is 71.4 Å². The Kier molecular flexibility index (Phi) is 7.25. The molecule has 34 heavy (non-hydrogen) atoms. The SMILES string of the molecule is CC(=NNC(=O)c1ccncc1NS(=O)(=O)c1cccs1)c1ccc(N2CCN(C)CC2)cc1. The van der Waals surface area contributed by atoms with Crippen LogP contribution in [0.3, 0.4) is 0 Å². The van der Waals surface area contributed by atoms with Crippen molar-refractivity contribution in [3.63, 3.8) is 0 Å². The van der Waals surface area contributed by atoms with Crippen molar-refractivity contribution in [2.45, 2.75) is 11.1 Å². The number of pyridine rings is 1. The maximum Gasteiger partial charge on any atom is 0.273 e. The van der Waals surface area contributed by atoms with E-state index >= 15 is 0 Å². The van der Waals surface area contributed by atoms with Gasteiger partial charge in [-0.15, -0.1) is 11.3 Å². The molecule has 2 N–H and O–H groups in total. The number of sulfonamides is 1. The lowest BCUT2D eigenvalue weighted by atomic mass is 10.1. The fourth-order valence-electron chi connectivity index (χ4n) is 3.52. The summed E-state index contributed by atoms with van der Waals surface area (Å²) in [5.74, 6) is -0.542. The average molecular weight is 499 g/mol. The van der Waals surface area contributed by atoms with Crippen LogP contribution < -0.4 is 15.0 Å². The molecule has 0 radical (unpaired) electrons. The van der Waals surface area contributed by atoms with Gasteiger partial charge in [0.1, 0.15) is 4.21 Å². The zero-order valence-corrected chi connectivity index (χ0v) is 20.6. The van der Waals surface area contributed by atoms with Crippen molar-refractivity contribution in [3.8, 4) is 0 Å². The number of amides is 1. The third-order valence-corrected chi connectivity index (χ3v) is 8.31. The number of thiophene rings is 1. The van der Waals surface area contributed by atoms with E-state index in [1.807, 2.05) is 12.1 Å². The maximum atomic E-state index is 12.8. The summed E-state index contributed by atoms with van der Waals surface area (Å²) in [7, 11) is -1.68. The van der Waals surface area contributed by atoms with Crippen LogP contribution >= 0.6 is 11.3 Å². The van der Waals surface area contributed by atoms with Gasteiger partial charge in [-0.3, -0.25) is 14.5 Å². The number of aromatic nitrogens is 1. The molecule has 1 aliphatic rings. The highest BCUT2D eigenvalue weighted by atomic mass is 32.2. The zero-order chi connectivity index (χ0) is 24.1. The molecule has 1 aromatic carbocycles. The highest BCUT2D eigenvalue weighted by Gasteiger charge is 2.20. The normalized spacial score (nSPS) is 15.2. The van der Waals surface area contributed by atoms with Crippen molar-refractivity contribution in [2.75, 3.05) is 42.8 Å². The molecule has 1 fully saturated rings. The van der Waals surface area contributed by atoms with Crippen LogP contribution in [0, 0.1) is 0 Å². The van der Waals surface area contributed by atoms with Crippen LogP contribution in [-0.2, 0) is 10.0 Å². The second-order valence-electron chi connectivity index (χ2n) is 7.93. The molecule has 0 atom stereocenters. The van der Waals surface area contributed by atoms with Crippen LogP contribution in [0.25, 0.3) is 0 Å². The predicted molar refractivity (Wildman–Crippen MR) is 135 cm³/mol. The molecular weight excluding hydrogens is 472 g/mol. The van der Waals surface area contributed by atoms with E-state index < -0.39 is 15.9 Å². The van der Waals surface area contributed by atoms with Gasteiger partial charge < -0.3 is 9.80 Å². The number of hydrazone groups is 1. The number of nitrogens with one attached hydrogen (secondary N) is 2. The highest BCUT2D eigenvalue weighted by Crippen LogP contribution is 2.22. The monoisotopic (exact) mass is 498 g/mol. The summed E-state index contributed by atoms with van der Waals surface area (Å²) in [6, 6.07) is 12.6. The lowest BCUT2D eigenvalue weighted by Crippen LogP contribution is -2.44. The van der Waals surface area contributed by atoms with Crippen LogP contribution in [0.4, 0.5) is 11.4 Å². The average Bonchev–Trinajstić information content (AvgIpc) is 3.39. The maximum absolute atomic E-state index is 12.8. The minimum Gasteiger partial charge on any atom is -0.369 e. The Labute approximate surface area is 203 Å². The fourth-order valence-corrected chi connectivity index (χ4v) is 5.58. The predicted octanol–water partition coefficient (Wildman–Crippen LogP) is 2.85. The lowest BCUT2D eigenvalue weighted by Gasteiger charge is -2.34. The van der Waals surface area contributed by atoms with Crippen molar-refractivity contribution < 1.29 is 13.2 Å². The lowest BCUT2D eigenvalue weighted by molar-refractivity contribution is 0.0955. The van der Waals surface area contributed by atoms with Crippen molar-refractivity contribution in [1.29, 1.82) is 0 Å². The first-order valence-corrected chi connectivity index (χ1v) is 13.1. The molecule has 178 valence electrons. The molecule has 11 heteroatoms. The molecule has 1 saturated heterocycles. The highest BCUT2D eigenvalue weighted by molar-refractivity contribution is 7.94. The minimum atomic E-state index is -3.81. The molecule has 1 aliphatic heterocycles. The van der Waals surface area contributed by atoms with Crippen LogP contribution in [0.2, 0.25) is 0 Å². The van der Waals surface area contributed by atoms with Crippen molar-refractivity contribution in [2.24, 2.45) is 5.10 Å². The second kappa shape index (κ2) is 10.3. The number of carbonyl (C=O) groups excluding carboxylic acids is 1. The summed E-state index contributed by atoms with van der Waals surface area (Å²) in [6.07, 6.45) is 2.72. The Morgan fingerprint density at radius 1 is 1.09 bits per heavy atom. The number of hydrogen-bond acceptors (Lipinski definition) is 8. The third kappa shape index (κ3) is 5.61. The molecule has 1 amide bonds. The van der Waals surface area contributed by atoms with E-state index in [9.17, 15) is 13.2 Å². The Bertz CT molecular complexity index is 1270. The van der Waals surface area contributed by atoms with E-state index in [1.165, 1.54) is 24.5 Å². The topological polar surface area (TPSA) is 107 Å². The second-order valence-corrected chi connectivity index (χ2v) is 10.8. The molecule has 3 heterocycles. The summed E-state index contributed by atoms with van der Waals surface area (Å²) in [5.41, 5.74) is 5.39. The molecule has 3 aromatic rings. The largest absolute Gasteiger partial charge is 0.369 e. The molecule has 2 aromatic heterocycles. The summed E-state index contributed by atoms with van der Waals surface area (Å²) in [4.78, 5) is 21.4. The first kappa shape index (κ1) is 23.9. The van der Waals surface area contributed by atoms with Gasteiger partial charge in [-0.05, 0) is 49.2 Å². The number of likely N-dealkylation sites (N-methyl/N-ethyl adjacent to an activating group) is 1. The molecule has 0 unspecified atom stereocenters. The number of benzene rings is 1. The molecular formula is C23H26N6O3S2. The number of carbonyl (C=O) groups is 1. The van der Waals surface area contributed by atoms with E-state index in [-0.39, 0.29) is 15.5 Å². The quantitative estimate of drug-likeness (QED) is 0.383. The van der Waals surface area contributed by atoms with Gasteiger partial charge in [-0.25, -0.2) is 13.8 Å². The molecule has 0 bridgehead atoms. The van der Waals surface area contributed by atoms with Gasteiger partial charge in [-0.2, -0.15) is 5.10 Å². The Morgan fingerprint density at radius 3 is 2.50 bits per heavy atom. The van der Waals surface area contributed by atoms with Crippen LogP contribution in [0.15, 0.2) is 69.5 Å². The Balaban J connectivity index is 1.43. The first-order valence-electron chi connectivity index (χ1n) is 10.7. The number of piperazine rings is 1. The van der Waals surface area contributed by atoms with E-state index in [4.69, 9.17) is 0 Å². The summed E-state index contributed by atoms with van der Waals surface area (Å²) >= 11 is 1.09.